The van der Waals surface area contributed by atoms with Gasteiger partial charge in [-0.1, -0.05) is 0 Å². The Morgan fingerprint density at radius 3 is 2.62 bits per heavy atom. The van der Waals surface area contributed by atoms with E-state index in [9.17, 15) is 10.2 Å². The maximum absolute atomic E-state index is 9.54. The van der Waals surface area contributed by atoms with Crippen LogP contribution in [0.4, 0.5) is 0 Å². The first-order valence-electron chi connectivity index (χ1n) is 4.13. The minimum absolute atomic E-state index is 0.0743. The Bertz CT molecular complexity index is 296. The third kappa shape index (κ3) is 1.81. The van der Waals surface area contributed by atoms with Crippen molar-refractivity contribution in [1.29, 1.82) is 0 Å². The summed E-state index contributed by atoms with van der Waals surface area (Å²) >= 11 is 0. The van der Waals surface area contributed by atoms with Crippen LogP contribution in [0.1, 0.15) is 17.5 Å². The largest absolute Gasteiger partial charge is 0.504 e. The van der Waals surface area contributed by atoms with Crippen LogP contribution in [0, 0.1) is 6.92 Å². The zero-order valence-electron chi connectivity index (χ0n) is 8.07. The first kappa shape index (κ1) is 10.0. The van der Waals surface area contributed by atoms with Gasteiger partial charge in [-0.15, -0.1) is 0 Å². The van der Waals surface area contributed by atoms with Gasteiger partial charge in [0.25, 0.3) is 0 Å². The molecule has 3 N–H and O–H groups in total. The van der Waals surface area contributed by atoms with Crippen LogP contribution in [-0.4, -0.2) is 33.6 Å². The number of likely N-dealkylation sites (N-methyl/N-ethyl adjacent to an activating group) is 1. The molecule has 1 unspecified atom stereocenters. The fourth-order valence-electron chi connectivity index (χ4n) is 1.14. The van der Waals surface area contributed by atoms with Crippen molar-refractivity contribution in [2.75, 3.05) is 13.6 Å². The molecule has 0 saturated carbocycles. The number of nitrogens with one attached hydrogen (secondary N) is 1. The Morgan fingerprint density at radius 2 is 2.23 bits per heavy atom. The number of hydrogen-bond acceptors (Lipinski definition) is 4. The van der Waals surface area contributed by atoms with Crippen LogP contribution in [0.5, 0.6) is 5.75 Å². The molecular formula is C8H15N3O2. The fourth-order valence-corrected chi connectivity index (χ4v) is 1.14. The molecule has 0 amide bonds. The van der Waals surface area contributed by atoms with Crippen LogP contribution in [0.2, 0.25) is 0 Å². The van der Waals surface area contributed by atoms with Crippen LogP contribution in [0.3, 0.4) is 0 Å². The Kier molecular flexibility index (Phi) is 2.90. The van der Waals surface area contributed by atoms with Gasteiger partial charge in [-0.25, -0.2) is 0 Å². The maximum Gasteiger partial charge on any atom is 0.162 e. The van der Waals surface area contributed by atoms with Gasteiger partial charge in [-0.2, -0.15) is 5.10 Å². The number of aryl methyl sites for hydroxylation is 1. The van der Waals surface area contributed by atoms with Crippen molar-refractivity contribution in [2.45, 2.75) is 13.0 Å². The predicted molar refractivity (Wildman–Crippen MR) is 48.5 cm³/mol. The highest BCUT2D eigenvalue weighted by Gasteiger charge is 2.18. The monoisotopic (exact) mass is 185 g/mol. The third-order valence-electron chi connectivity index (χ3n) is 2.04. The number of rotatable bonds is 3. The molecule has 0 aliphatic carbocycles. The van der Waals surface area contributed by atoms with E-state index in [-0.39, 0.29) is 5.75 Å². The van der Waals surface area contributed by atoms with Crippen molar-refractivity contribution in [3.63, 3.8) is 0 Å². The molecule has 1 heterocycles. The molecule has 0 radical (unpaired) electrons. The summed E-state index contributed by atoms with van der Waals surface area (Å²) in [5.74, 6) is 0.0743. The van der Waals surface area contributed by atoms with Gasteiger partial charge in [-0.3, -0.25) is 4.68 Å². The summed E-state index contributed by atoms with van der Waals surface area (Å²) in [6, 6.07) is 0. The zero-order chi connectivity index (χ0) is 10.0. The topological polar surface area (TPSA) is 70.3 Å². The van der Waals surface area contributed by atoms with Crippen molar-refractivity contribution < 1.29 is 10.2 Å². The van der Waals surface area contributed by atoms with E-state index in [0.29, 0.717) is 17.9 Å². The summed E-state index contributed by atoms with van der Waals surface area (Å²) in [5, 5.41) is 25.9. The van der Waals surface area contributed by atoms with Gasteiger partial charge >= 0.3 is 0 Å². The summed E-state index contributed by atoms with van der Waals surface area (Å²) in [4.78, 5) is 0. The number of aromatic nitrogens is 2. The van der Waals surface area contributed by atoms with Gasteiger partial charge in [0.05, 0.1) is 5.69 Å². The number of aliphatic hydroxyl groups is 1. The molecule has 1 aromatic heterocycles. The standard InChI is InChI=1S/C8H15N3O2/c1-5-8(13)7(10-11(5)3)6(12)4-9-2/h6,9,12-13H,4H2,1-3H3. The lowest BCUT2D eigenvalue weighted by molar-refractivity contribution is 0.168. The molecule has 0 bridgehead atoms. The molecule has 5 nitrogen and oxygen atoms in total. The van der Waals surface area contributed by atoms with Gasteiger partial charge in [0.15, 0.2) is 5.75 Å². The highest BCUT2D eigenvalue weighted by Crippen LogP contribution is 2.25. The van der Waals surface area contributed by atoms with Crippen molar-refractivity contribution in [3.8, 4) is 5.75 Å². The molecule has 0 spiro atoms. The molecule has 1 aromatic rings. The van der Waals surface area contributed by atoms with E-state index in [2.05, 4.69) is 10.4 Å². The maximum atomic E-state index is 9.54. The average molecular weight is 185 g/mol. The zero-order valence-corrected chi connectivity index (χ0v) is 8.07. The molecule has 1 atom stereocenters. The summed E-state index contributed by atoms with van der Waals surface area (Å²) in [5.41, 5.74) is 0.986. The van der Waals surface area contributed by atoms with Gasteiger partial charge in [0, 0.05) is 13.6 Å². The first-order chi connectivity index (χ1) is 6.07. The third-order valence-corrected chi connectivity index (χ3v) is 2.04. The first-order valence-corrected chi connectivity index (χ1v) is 4.13. The lowest BCUT2D eigenvalue weighted by Crippen LogP contribution is -2.17. The van der Waals surface area contributed by atoms with Crippen molar-refractivity contribution in [3.05, 3.63) is 11.4 Å². The lowest BCUT2D eigenvalue weighted by Gasteiger charge is -2.06. The Labute approximate surface area is 77.0 Å². The lowest BCUT2D eigenvalue weighted by atomic mass is 10.2. The van der Waals surface area contributed by atoms with Gasteiger partial charge in [0.1, 0.15) is 11.8 Å². The quantitative estimate of drug-likeness (QED) is 0.604. The highest BCUT2D eigenvalue weighted by atomic mass is 16.3. The minimum Gasteiger partial charge on any atom is -0.504 e. The molecule has 0 aromatic carbocycles. The van der Waals surface area contributed by atoms with E-state index in [0.717, 1.165) is 0 Å². The van der Waals surface area contributed by atoms with Crippen LogP contribution in [-0.2, 0) is 7.05 Å². The van der Waals surface area contributed by atoms with Gasteiger partial charge in [-0.05, 0) is 14.0 Å². The second-order valence-corrected chi connectivity index (χ2v) is 3.02. The number of nitrogens with zero attached hydrogens (tertiary/aromatic N) is 2. The van der Waals surface area contributed by atoms with E-state index in [1.807, 2.05) is 0 Å². The molecule has 0 saturated heterocycles. The minimum atomic E-state index is -0.759. The second kappa shape index (κ2) is 3.76. The molecule has 13 heavy (non-hydrogen) atoms. The molecule has 0 fully saturated rings. The van der Waals surface area contributed by atoms with Crippen molar-refractivity contribution in [2.24, 2.45) is 7.05 Å². The van der Waals surface area contributed by atoms with Crippen LogP contribution < -0.4 is 5.32 Å². The SMILES string of the molecule is CNCC(O)c1nn(C)c(C)c1O. The van der Waals surface area contributed by atoms with Gasteiger partial charge < -0.3 is 15.5 Å². The second-order valence-electron chi connectivity index (χ2n) is 3.02. The van der Waals surface area contributed by atoms with Crippen LogP contribution in [0.15, 0.2) is 0 Å². The van der Waals surface area contributed by atoms with Crippen LogP contribution >= 0.6 is 0 Å². The summed E-state index contributed by atoms with van der Waals surface area (Å²) < 4.78 is 1.55. The fraction of sp³-hybridized carbons (Fsp3) is 0.625. The smallest absolute Gasteiger partial charge is 0.162 e. The molecule has 74 valence electrons. The summed E-state index contributed by atoms with van der Waals surface area (Å²) in [6.45, 7) is 2.13. The molecule has 0 aliphatic heterocycles. The number of aliphatic hydroxyl groups excluding tert-OH is 1. The average Bonchev–Trinajstić information content (AvgIpc) is 2.33. The summed E-state index contributed by atoms with van der Waals surface area (Å²) in [6.07, 6.45) is -0.759. The van der Waals surface area contributed by atoms with E-state index in [1.54, 1.807) is 25.7 Å². The molecule has 1 rings (SSSR count). The van der Waals surface area contributed by atoms with E-state index < -0.39 is 6.10 Å². The molecular weight excluding hydrogens is 170 g/mol. The van der Waals surface area contributed by atoms with E-state index >= 15 is 0 Å². The van der Waals surface area contributed by atoms with E-state index in [4.69, 9.17) is 0 Å². The molecule has 0 aliphatic rings. The molecule has 5 heteroatoms. The normalized spacial score (nSPS) is 13.2. The number of hydrogen-bond donors (Lipinski definition) is 3. The van der Waals surface area contributed by atoms with Crippen molar-refractivity contribution >= 4 is 0 Å². The Morgan fingerprint density at radius 1 is 1.62 bits per heavy atom. The Balaban J connectivity index is 2.94. The van der Waals surface area contributed by atoms with Crippen LogP contribution in [0.25, 0.3) is 0 Å². The Hall–Kier alpha value is -1.07. The predicted octanol–water partition coefficient (Wildman–Crippen LogP) is -0.313. The summed E-state index contributed by atoms with van der Waals surface area (Å²) in [7, 11) is 3.46. The van der Waals surface area contributed by atoms with Gasteiger partial charge in [0.2, 0.25) is 0 Å². The van der Waals surface area contributed by atoms with Crippen molar-refractivity contribution in [1.82, 2.24) is 15.1 Å². The highest BCUT2D eigenvalue weighted by molar-refractivity contribution is 5.32. The van der Waals surface area contributed by atoms with E-state index in [1.165, 1.54) is 0 Å². The number of aromatic hydroxyl groups is 1.